The molecule has 0 aliphatic rings. The molecule has 0 aliphatic carbocycles. The van der Waals surface area contributed by atoms with E-state index in [0.717, 1.165) is 32.4 Å². The highest BCUT2D eigenvalue weighted by Crippen LogP contribution is 2.36. The predicted molar refractivity (Wildman–Crippen MR) is 96.6 cm³/mol. The quantitative estimate of drug-likeness (QED) is 0.434. The molecule has 4 aromatic rings. The van der Waals surface area contributed by atoms with E-state index in [9.17, 15) is 0 Å². The molecule has 0 bridgehead atoms. The molecule has 0 spiro atoms. The van der Waals surface area contributed by atoms with Gasteiger partial charge in [0.15, 0.2) is 5.52 Å². The van der Waals surface area contributed by atoms with E-state index in [1.54, 1.807) is 0 Å². The number of nitrogens with zero attached hydrogens (tertiary/aromatic N) is 4. The zero-order valence-corrected chi connectivity index (χ0v) is 13.1. The molecule has 112 valence electrons. The van der Waals surface area contributed by atoms with Gasteiger partial charge in [-0.1, -0.05) is 18.6 Å². The van der Waals surface area contributed by atoms with Crippen LogP contribution in [0.2, 0.25) is 0 Å². The van der Waals surface area contributed by atoms with Crippen LogP contribution in [0.25, 0.3) is 26.0 Å². The normalized spacial score (nSPS) is 10.4. The van der Waals surface area contributed by atoms with Crippen molar-refractivity contribution in [2.45, 2.75) is 0 Å². The summed E-state index contributed by atoms with van der Waals surface area (Å²) >= 11 is 1.34. The van der Waals surface area contributed by atoms with Gasteiger partial charge in [-0.3, -0.25) is 0 Å². The fraction of sp³-hybridized carbons (Fsp3) is 0. The van der Waals surface area contributed by atoms with Gasteiger partial charge in [-0.25, -0.2) is 9.97 Å². The predicted octanol–water partition coefficient (Wildman–Crippen LogP) is 4.52. The minimum atomic E-state index is 0.404. The van der Waals surface area contributed by atoms with Crippen molar-refractivity contribution in [3.63, 3.8) is 0 Å². The zero-order valence-electron chi connectivity index (χ0n) is 12.3. The number of terminal acetylenes is 1. The summed E-state index contributed by atoms with van der Waals surface area (Å²) in [5, 5.41) is 4.56. The minimum Gasteiger partial charge on any atom is -0.351 e. The summed E-state index contributed by atoms with van der Waals surface area (Å²) in [7, 11) is 0. The van der Waals surface area contributed by atoms with Gasteiger partial charge in [0.1, 0.15) is 12.1 Å². The Labute approximate surface area is 141 Å². The second-order valence-electron chi connectivity index (χ2n) is 4.99. The van der Waals surface area contributed by atoms with Gasteiger partial charge >= 0.3 is 5.13 Å². The maximum atomic E-state index is 7.17. The Morgan fingerprint density at radius 2 is 2.04 bits per heavy atom. The average molecular weight is 327 g/mol. The topological polar surface area (TPSA) is 55.1 Å². The van der Waals surface area contributed by atoms with Gasteiger partial charge in [0.05, 0.1) is 15.6 Å². The number of aromatic nitrogens is 3. The first-order valence-corrected chi connectivity index (χ1v) is 7.85. The van der Waals surface area contributed by atoms with E-state index in [-0.39, 0.29) is 0 Å². The molecule has 0 amide bonds. The fourth-order valence-electron chi connectivity index (χ4n) is 2.49. The fourth-order valence-corrected chi connectivity index (χ4v) is 3.38. The molecule has 24 heavy (non-hydrogen) atoms. The van der Waals surface area contributed by atoms with Crippen molar-refractivity contribution in [3.05, 3.63) is 59.7 Å². The lowest BCUT2D eigenvalue weighted by Gasteiger charge is -2.08. The van der Waals surface area contributed by atoms with Crippen LogP contribution >= 0.6 is 11.3 Å². The molecule has 4 rings (SSSR count). The minimum absolute atomic E-state index is 0.404. The van der Waals surface area contributed by atoms with Crippen LogP contribution in [0.5, 0.6) is 0 Å². The molecule has 6 heteroatoms. The molecule has 0 unspecified atom stereocenters. The number of rotatable bonds is 2. The first-order chi connectivity index (χ1) is 11.8. The molecular formula is C18H9N5S. The van der Waals surface area contributed by atoms with Gasteiger partial charge in [-0.15, -0.1) is 22.7 Å². The Morgan fingerprint density at radius 1 is 1.17 bits per heavy atom. The van der Waals surface area contributed by atoms with Crippen LogP contribution in [-0.4, -0.2) is 15.0 Å². The van der Waals surface area contributed by atoms with Crippen molar-refractivity contribution >= 4 is 49.1 Å². The third kappa shape index (κ3) is 2.32. The first-order valence-electron chi connectivity index (χ1n) is 7.04. The van der Waals surface area contributed by atoms with Gasteiger partial charge in [0, 0.05) is 11.3 Å². The Bertz CT molecular complexity index is 1160. The zero-order chi connectivity index (χ0) is 16.5. The van der Waals surface area contributed by atoms with E-state index in [1.165, 1.54) is 17.7 Å². The molecule has 1 N–H and O–H groups in total. The number of benzene rings is 2. The summed E-state index contributed by atoms with van der Waals surface area (Å²) in [4.78, 5) is 16.4. The highest BCUT2D eigenvalue weighted by Gasteiger charge is 2.14. The molecule has 0 atom stereocenters. The first kappa shape index (κ1) is 14.1. The third-order valence-corrected chi connectivity index (χ3v) is 4.51. The summed E-state index contributed by atoms with van der Waals surface area (Å²) in [6, 6.07) is 11.3. The van der Waals surface area contributed by atoms with Gasteiger partial charge in [0.2, 0.25) is 0 Å². The van der Waals surface area contributed by atoms with Crippen LogP contribution in [0.4, 0.5) is 16.6 Å². The Kier molecular flexibility index (Phi) is 3.31. The highest BCUT2D eigenvalue weighted by atomic mass is 32.1. The van der Waals surface area contributed by atoms with Gasteiger partial charge in [-0.2, -0.15) is 0 Å². The number of fused-ring (bicyclic) bond motifs is 3. The lowest BCUT2D eigenvalue weighted by molar-refractivity contribution is 1.22. The number of nitrogens with one attached hydrogen (secondary N) is 1. The van der Waals surface area contributed by atoms with Crippen molar-refractivity contribution < 1.29 is 0 Å². The molecule has 0 saturated heterocycles. The van der Waals surface area contributed by atoms with Gasteiger partial charge in [-0.05, 0) is 30.3 Å². The number of anilines is 2. The van der Waals surface area contributed by atoms with Crippen molar-refractivity contribution in [1.82, 2.24) is 15.0 Å². The lowest BCUT2D eigenvalue weighted by atomic mass is 10.2. The maximum Gasteiger partial charge on any atom is 0.330 e. The highest BCUT2D eigenvalue weighted by molar-refractivity contribution is 7.23. The molecule has 0 fully saturated rings. The summed E-state index contributed by atoms with van der Waals surface area (Å²) in [6.07, 6.45) is 6.97. The van der Waals surface area contributed by atoms with Crippen LogP contribution in [0.15, 0.2) is 42.7 Å². The molecule has 0 saturated carbocycles. The lowest BCUT2D eigenvalue weighted by Crippen LogP contribution is -1.96. The Balaban J connectivity index is 1.93. The third-order valence-electron chi connectivity index (χ3n) is 3.53. The van der Waals surface area contributed by atoms with E-state index in [2.05, 4.69) is 31.0 Å². The summed E-state index contributed by atoms with van der Waals surface area (Å²) < 4.78 is 0.898. The van der Waals surface area contributed by atoms with Crippen molar-refractivity contribution in [2.24, 2.45) is 0 Å². The Morgan fingerprint density at radius 3 is 2.88 bits per heavy atom. The van der Waals surface area contributed by atoms with Crippen molar-refractivity contribution in [2.75, 3.05) is 5.32 Å². The second kappa shape index (κ2) is 5.62. The van der Waals surface area contributed by atoms with E-state index in [1.807, 2.05) is 36.4 Å². The smallest absolute Gasteiger partial charge is 0.330 e. The molecule has 0 radical (unpaired) electrons. The van der Waals surface area contributed by atoms with E-state index in [4.69, 9.17) is 13.0 Å². The average Bonchev–Trinajstić information content (AvgIpc) is 3.05. The number of thiazole rings is 1. The van der Waals surface area contributed by atoms with Gasteiger partial charge in [0.25, 0.3) is 0 Å². The van der Waals surface area contributed by atoms with E-state index >= 15 is 0 Å². The van der Waals surface area contributed by atoms with Crippen LogP contribution in [0, 0.1) is 18.9 Å². The summed E-state index contributed by atoms with van der Waals surface area (Å²) in [5.74, 6) is 3.28. The SMILES string of the molecule is [C-]#[N+]c1nc2ccc3ncnc(Nc4cccc(C#C)c4)c3c2s1. The van der Waals surface area contributed by atoms with E-state index in [0.29, 0.717) is 10.9 Å². The van der Waals surface area contributed by atoms with Crippen molar-refractivity contribution in [3.8, 4) is 12.3 Å². The van der Waals surface area contributed by atoms with Crippen LogP contribution in [0.1, 0.15) is 5.56 Å². The van der Waals surface area contributed by atoms with Crippen LogP contribution < -0.4 is 5.32 Å². The Hall–Kier alpha value is -3.48. The van der Waals surface area contributed by atoms with Crippen LogP contribution in [-0.2, 0) is 0 Å². The number of hydrogen-bond acceptors (Lipinski definition) is 5. The number of hydrogen-bond donors (Lipinski definition) is 1. The van der Waals surface area contributed by atoms with Crippen LogP contribution in [0.3, 0.4) is 0 Å². The standard InChI is InChI=1S/C18H9N5S/c1-3-11-5-4-6-12(9-11)22-17-15-13(20-10-21-17)7-8-14-16(15)24-18(19-2)23-14/h1,4-10H,(H,20,21,22). The second-order valence-corrected chi connectivity index (χ2v) is 5.97. The molecule has 2 heterocycles. The molecule has 0 aliphatic heterocycles. The molecule has 2 aromatic carbocycles. The largest absolute Gasteiger partial charge is 0.351 e. The molecular weight excluding hydrogens is 318 g/mol. The monoisotopic (exact) mass is 327 g/mol. The summed E-state index contributed by atoms with van der Waals surface area (Å²) in [5.41, 5.74) is 3.20. The van der Waals surface area contributed by atoms with Crippen molar-refractivity contribution in [1.29, 1.82) is 0 Å². The molecule has 5 nitrogen and oxygen atoms in total. The maximum absolute atomic E-state index is 7.17. The van der Waals surface area contributed by atoms with E-state index < -0.39 is 0 Å². The summed E-state index contributed by atoms with van der Waals surface area (Å²) in [6.45, 7) is 7.17. The van der Waals surface area contributed by atoms with Gasteiger partial charge < -0.3 is 10.2 Å². The molecule has 2 aromatic heterocycles.